The molecule has 0 heterocycles. The van der Waals surface area contributed by atoms with Gasteiger partial charge in [0.05, 0.1) is 7.11 Å². The average Bonchev–Trinajstić information content (AvgIpc) is 3.12. The third kappa shape index (κ3) is 2.54. The van der Waals surface area contributed by atoms with E-state index < -0.39 is 0 Å². The van der Waals surface area contributed by atoms with Gasteiger partial charge in [0, 0.05) is 24.7 Å². The van der Waals surface area contributed by atoms with E-state index >= 15 is 0 Å². The van der Waals surface area contributed by atoms with Crippen LogP contribution >= 0.6 is 0 Å². The zero-order valence-corrected chi connectivity index (χ0v) is 10.1. The van der Waals surface area contributed by atoms with Gasteiger partial charge in [0.1, 0.15) is 5.75 Å². The molecular formula is C13H20N2O. The van der Waals surface area contributed by atoms with E-state index in [-0.39, 0.29) is 0 Å². The standard InChI is InChI=1S/C13H20N2O/c1-15(12-4-5-12)9-10-3-6-13(16-2)11(7-10)8-14/h3,6-7,12H,4-5,8-9,14H2,1-2H3. The Morgan fingerprint density at radius 3 is 2.75 bits per heavy atom. The van der Waals surface area contributed by atoms with E-state index in [0.717, 1.165) is 23.9 Å². The van der Waals surface area contributed by atoms with Crippen LogP contribution in [0.3, 0.4) is 0 Å². The zero-order valence-electron chi connectivity index (χ0n) is 10.1. The Kier molecular flexibility index (Phi) is 3.46. The van der Waals surface area contributed by atoms with Crippen molar-refractivity contribution in [2.45, 2.75) is 32.0 Å². The van der Waals surface area contributed by atoms with Crippen LogP contribution < -0.4 is 10.5 Å². The van der Waals surface area contributed by atoms with E-state index in [1.807, 2.05) is 6.07 Å². The first-order valence-electron chi connectivity index (χ1n) is 5.80. The predicted octanol–water partition coefficient (Wildman–Crippen LogP) is 1.75. The summed E-state index contributed by atoms with van der Waals surface area (Å²) in [5, 5.41) is 0. The fraction of sp³-hybridized carbons (Fsp3) is 0.538. The van der Waals surface area contributed by atoms with Crippen LogP contribution in [0, 0.1) is 0 Å². The minimum atomic E-state index is 0.532. The van der Waals surface area contributed by atoms with Crippen LogP contribution in [-0.4, -0.2) is 25.1 Å². The predicted molar refractivity (Wildman–Crippen MR) is 65.4 cm³/mol. The maximum absolute atomic E-state index is 5.70. The van der Waals surface area contributed by atoms with Crippen LogP contribution in [0.5, 0.6) is 5.75 Å². The lowest BCUT2D eigenvalue weighted by Crippen LogP contribution is -2.20. The second kappa shape index (κ2) is 4.85. The average molecular weight is 220 g/mol. The molecule has 0 spiro atoms. The number of rotatable bonds is 5. The summed E-state index contributed by atoms with van der Waals surface area (Å²) in [5.74, 6) is 0.889. The quantitative estimate of drug-likeness (QED) is 0.821. The molecule has 0 radical (unpaired) electrons. The highest BCUT2D eigenvalue weighted by atomic mass is 16.5. The van der Waals surface area contributed by atoms with Gasteiger partial charge < -0.3 is 10.5 Å². The third-order valence-corrected chi connectivity index (χ3v) is 3.17. The van der Waals surface area contributed by atoms with Crippen LogP contribution in [0.2, 0.25) is 0 Å². The summed E-state index contributed by atoms with van der Waals surface area (Å²) in [6.45, 7) is 1.53. The lowest BCUT2D eigenvalue weighted by atomic mass is 10.1. The minimum absolute atomic E-state index is 0.532. The highest BCUT2D eigenvalue weighted by molar-refractivity contribution is 5.37. The maximum atomic E-state index is 5.70. The Morgan fingerprint density at radius 1 is 1.44 bits per heavy atom. The molecule has 1 aliphatic carbocycles. The second-order valence-corrected chi connectivity index (χ2v) is 4.50. The molecule has 0 unspecified atom stereocenters. The van der Waals surface area contributed by atoms with Crippen molar-refractivity contribution < 1.29 is 4.74 Å². The van der Waals surface area contributed by atoms with Gasteiger partial charge in [-0.2, -0.15) is 0 Å². The molecule has 1 saturated carbocycles. The highest BCUT2D eigenvalue weighted by Crippen LogP contribution is 2.27. The van der Waals surface area contributed by atoms with Crippen molar-refractivity contribution in [1.29, 1.82) is 0 Å². The molecule has 3 nitrogen and oxygen atoms in total. The molecule has 1 fully saturated rings. The normalized spacial score (nSPS) is 15.5. The van der Waals surface area contributed by atoms with E-state index in [2.05, 4.69) is 24.1 Å². The van der Waals surface area contributed by atoms with Crippen molar-refractivity contribution in [2.75, 3.05) is 14.2 Å². The number of nitrogens with two attached hydrogens (primary N) is 1. The summed E-state index contributed by atoms with van der Waals surface area (Å²) in [6, 6.07) is 7.08. The number of benzene rings is 1. The summed E-state index contributed by atoms with van der Waals surface area (Å²) in [7, 11) is 3.87. The van der Waals surface area contributed by atoms with Crippen molar-refractivity contribution in [3.8, 4) is 5.75 Å². The molecule has 0 atom stereocenters. The molecule has 2 N–H and O–H groups in total. The van der Waals surface area contributed by atoms with E-state index in [9.17, 15) is 0 Å². The van der Waals surface area contributed by atoms with E-state index in [1.54, 1.807) is 7.11 Å². The Hall–Kier alpha value is -1.06. The summed E-state index contributed by atoms with van der Waals surface area (Å²) < 4.78 is 5.26. The molecule has 0 bridgehead atoms. The molecule has 88 valence electrons. The Morgan fingerprint density at radius 2 is 2.19 bits per heavy atom. The van der Waals surface area contributed by atoms with E-state index in [4.69, 9.17) is 10.5 Å². The largest absolute Gasteiger partial charge is 0.496 e. The van der Waals surface area contributed by atoms with Crippen LogP contribution in [0.4, 0.5) is 0 Å². The molecule has 16 heavy (non-hydrogen) atoms. The Labute approximate surface area is 97.2 Å². The molecular weight excluding hydrogens is 200 g/mol. The summed E-state index contributed by atoms with van der Waals surface area (Å²) in [4.78, 5) is 2.40. The first-order chi connectivity index (χ1) is 7.74. The number of nitrogens with zero attached hydrogens (tertiary/aromatic N) is 1. The Bertz CT molecular complexity index is 361. The molecule has 0 aromatic heterocycles. The molecule has 1 aromatic carbocycles. The molecule has 3 heteroatoms. The van der Waals surface area contributed by atoms with Gasteiger partial charge in [-0.25, -0.2) is 0 Å². The molecule has 0 amide bonds. The van der Waals surface area contributed by atoms with Gasteiger partial charge in [-0.1, -0.05) is 6.07 Å². The lowest BCUT2D eigenvalue weighted by molar-refractivity contribution is 0.316. The molecule has 0 saturated heterocycles. The fourth-order valence-corrected chi connectivity index (χ4v) is 2.02. The highest BCUT2D eigenvalue weighted by Gasteiger charge is 2.25. The first-order valence-corrected chi connectivity index (χ1v) is 5.80. The van der Waals surface area contributed by atoms with Crippen molar-refractivity contribution in [1.82, 2.24) is 4.90 Å². The van der Waals surface area contributed by atoms with Gasteiger partial charge in [0.2, 0.25) is 0 Å². The van der Waals surface area contributed by atoms with Gasteiger partial charge in [0.25, 0.3) is 0 Å². The van der Waals surface area contributed by atoms with Crippen molar-refractivity contribution in [3.05, 3.63) is 29.3 Å². The maximum Gasteiger partial charge on any atom is 0.123 e. The molecule has 1 aliphatic rings. The van der Waals surface area contributed by atoms with Crippen LogP contribution in [0.15, 0.2) is 18.2 Å². The monoisotopic (exact) mass is 220 g/mol. The van der Waals surface area contributed by atoms with Gasteiger partial charge in [-0.3, -0.25) is 4.90 Å². The Balaban J connectivity index is 2.08. The number of hydrogen-bond acceptors (Lipinski definition) is 3. The second-order valence-electron chi connectivity index (χ2n) is 4.50. The number of hydrogen-bond donors (Lipinski definition) is 1. The fourth-order valence-electron chi connectivity index (χ4n) is 2.02. The van der Waals surface area contributed by atoms with Gasteiger partial charge in [-0.15, -0.1) is 0 Å². The van der Waals surface area contributed by atoms with Crippen molar-refractivity contribution in [3.63, 3.8) is 0 Å². The molecule has 2 rings (SSSR count). The van der Waals surface area contributed by atoms with E-state index in [0.29, 0.717) is 6.54 Å². The molecule has 1 aromatic rings. The summed E-state index contributed by atoms with van der Waals surface area (Å²) in [6.07, 6.45) is 2.69. The SMILES string of the molecule is COc1ccc(CN(C)C2CC2)cc1CN. The van der Waals surface area contributed by atoms with Crippen LogP contribution in [-0.2, 0) is 13.1 Å². The van der Waals surface area contributed by atoms with Gasteiger partial charge in [-0.05, 0) is 37.6 Å². The summed E-state index contributed by atoms with van der Waals surface area (Å²) in [5.41, 5.74) is 8.11. The van der Waals surface area contributed by atoms with Crippen molar-refractivity contribution >= 4 is 0 Å². The minimum Gasteiger partial charge on any atom is -0.496 e. The van der Waals surface area contributed by atoms with E-state index in [1.165, 1.54) is 18.4 Å². The zero-order chi connectivity index (χ0) is 11.5. The number of ether oxygens (including phenoxy) is 1. The van der Waals surface area contributed by atoms with Gasteiger partial charge >= 0.3 is 0 Å². The van der Waals surface area contributed by atoms with Crippen molar-refractivity contribution in [2.24, 2.45) is 5.73 Å². The summed E-state index contributed by atoms with van der Waals surface area (Å²) >= 11 is 0. The third-order valence-electron chi connectivity index (χ3n) is 3.17. The van der Waals surface area contributed by atoms with Gasteiger partial charge in [0.15, 0.2) is 0 Å². The van der Waals surface area contributed by atoms with Crippen LogP contribution in [0.1, 0.15) is 24.0 Å². The smallest absolute Gasteiger partial charge is 0.123 e. The van der Waals surface area contributed by atoms with Crippen LogP contribution in [0.25, 0.3) is 0 Å². The molecule has 0 aliphatic heterocycles. The first kappa shape index (κ1) is 11.4. The lowest BCUT2D eigenvalue weighted by Gasteiger charge is -2.17. The topological polar surface area (TPSA) is 38.5 Å². The number of methoxy groups -OCH3 is 1.